The lowest BCUT2D eigenvalue weighted by atomic mass is 9.81. The Balaban J connectivity index is 0.802. The maximum Gasteiger partial charge on any atom is 0.0465 e. The molecule has 2 aliphatic rings. The second-order valence-electron chi connectivity index (χ2n) is 21.0. The maximum absolute atomic E-state index is 2.45. The molecule has 360 valence electrons. The Hall–Kier alpha value is -9.18. The summed E-state index contributed by atoms with van der Waals surface area (Å²) in [6.45, 7) is 9.56. The van der Waals surface area contributed by atoms with E-state index in [0.29, 0.717) is 0 Å². The van der Waals surface area contributed by atoms with Crippen molar-refractivity contribution in [2.75, 3.05) is 14.7 Å². The van der Waals surface area contributed by atoms with Crippen molar-refractivity contribution in [3.8, 4) is 44.5 Å². The van der Waals surface area contributed by atoms with Gasteiger partial charge in [-0.3, -0.25) is 0 Å². The normalized spacial score (nSPS) is 13.3. The molecular weight excluding hydrogens is 907 g/mol. The lowest BCUT2D eigenvalue weighted by molar-refractivity contribution is 0.660. The van der Waals surface area contributed by atoms with Gasteiger partial charge in [-0.2, -0.15) is 0 Å². The summed E-state index contributed by atoms with van der Waals surface area (Å²) in [5.41, 5.74) is 25.2. The predicted molar refractivity (Wildman–Crippen MR) is 316 cm³/mol. The minimum Gasteiger partial charge on any atom is -0.311 e. The van der Waals surface area contributed by atoms with Crippen LogP contribution < -0.4 is 14.7 Å². The molecule has 11 aromatic rings. The monoisotopic (exact) mass is 963 g/mol. The number of benzene rings is 11. The van der Waals surface area contributed by atoms with E-state index in [0.717, 1.165) is 51.2 Å². The summed E-state index contributed by atoms with van der Waals surface area (Å²) in [7, 11) is 0. The van der Waals surface area contributed by atoms with Crippen LogP contribution in [0.15, 0.2) is 273 Å². The van der Waals surface area contributed by atoms with E-state index in [1.165, 1.54) is 66.8 Å². The Bertz CT molecular complexity index is 3530. The van der Waals surface area contributed by atoms with Crippen molar-refractivity contribution < 1.29 is 0 Å². The first-order valence-electron chi connectivity index (χ1n) is 26.2. The van der Waals surface area contributed by atoms with Gasteiger partial charge in [0, 0.05) is 62.0 Å². The lowest BCUT2D eigenvalue weighted by Crippen LogP contribution is -2.18. The van der Waals surface area contributed by atoms with Gasteiger partial charge in [0.25, 0.3) is 0 Å². The van der Waals surface area contributed by atoms with Crippen LogP contribution in [0.3, 0.4) is 0 Å². The van der Waals surface area contributed by atoms with Crippen LogP contribution >= 0.6 is 0 Å². The highest BCUT2D eigenvalue weighted by Crippen LogP contribution is 2.54. The van der Waals surface area contributed by atoms with Gasteiger partial charge in [-0.1, -0.05) is 179 Å². The van der Waals surface area contributed by atoms with Crippen LogP contribution in [0.4, 0.5) is 51.2 Å². The van der Waals surface area contributed by atoms with Crippen LogP contribution in [-0.4, -0.2) is 0 Å². The molecule has 0 fully saturated rings. The Morgan fingerprint density at radius 1 is 0.200 bits per heavy atom. The first-order valence-corrected chi connectivity index (χ1v) is 26.2. The first kappa shape index (κ1) is 45.7. The van der Waals surface area contributed by atoms with Gasteiger partial charge in [-0.15, -0.1) is 0 Å². The number of rotatable bonds is 11. The van der Waals surface area contributed by atoms with Crippen LogP contribution in [0, 0.1) is 0 Å². The molecule has 0 saturated heterocycles. The fourth-order valence-electron chi connectivity index (χ4n) is 11.9. The molecule has 0 aromatic heterocycles. The van der Waals surface area contributed by atoms with Gasteiger partial charge in [0.05, 0.1) is 0 Å². The average Bonchev–Trinajstić information content (AvgIpc) is 3.92. The molecule has 3 heteroatoms. The SMILES string of the molecule is CC1(C)c2cc(-c3ccc(N(c4ccccc4)c4ccccc4)cc3)ccc2-c2ccc(N(c3ccccc3)c3ccc4c(c3)C(C)(C)c3cc(-c5ccc(N(c6ccccc6)c6ccccc6)cc5)ccc3-4)cc21. The van der Waals surface area contributed by atoms with Crippen molar-refractivity contribution >= 4 is 51.2 Å². The smallest absolute Gasteiger partial charge is 0.0465 e. The van der Waals surface area contributed by atoms with Gasteiger partial charge in [0.15, 0.2) is 0 Å². The number of fused-ring (bicyclic) bond motifs is 6. The minimum atomic E-state index is -0.223. The largest absolute Gasteiger partial charge is 0.311 e. The third-order valence-electron chi connectivity index (χ3n) is 15.8. The third kappa shape index (κ3) is 8.00. The van der Waals surface area contributed by atoms with E-state index < -0.39 is 0 Å². The lowest BCUT2D eigenvalue weighted by Gasteiger charge is -2.29. The van der Waals surface area contributed by atoms with Crippen molar-refractivity contribution in [2.24, 2.45) is 0 Å². The summed E-state index contributed by atoms with van der Waals surface area (Å²) >= 11 is 0. The molecule has 75 heavy (non-hydrogen) atoms. The van der Waals surface area contributed by atoms with E-state index in [9.17, 15) is 0 Å². The van der Waals surface area contributed by atoms with E-state index in [-0.39, 0.29) is 10.8 Å². The second-order valence-corrected chi connectivity index (χ2v) is 21.0. The quantitative estimate of drug-likeness (QED) is 0.128. The molecule has 2 aliphatic carbocycles. The zero-order valence-electron chi connectivity index (χ0n) is 42.8. The Kier molecular flexibility index (Phi) is 11.2. The molecule has 0 N–H and O–H groups in total. The highest BCUT2D eigenvalue weighted by molar-refractivity contribution is 5.91. The van der Waals surface area contributed by atoms with Crippen molar-refractivity contribution in [3.05, 3.63) is 295 Å². The predicted octanol–water partition coefficient (Wildman–Crippen LogP) is 20.0. The Morgan fingerprint density at radius 2 is 0.413 bits per heavy atom. The Labute approximate surface area is 441 Å². The summed E-state index contributed by atoms with van der Waals surface area (Å²) in [4.78, 5) is 7.07. The van der Waals surface area contributed by atoms with Crippen LogP contribution in [0.2, 0.25) is 0 Å². The van der Waals surface area contributed by atoms with Crippen molar-refractivity contribution in [1.82, 2.24) is 0 Å². The molecule has 0 unspecified atom stereocenters. The van der Waals surface area contributed by atoms with E-state index in [4.69, 9.17) is 0 Å². The zero-order valence-corrected chi connectivity index (χ0v) is 42.8. The maximum atomic E-state index is 2.45. The minimum absolute atomic E-state index is 0.223. The summed E-state index contributed by atoms with van der Waals surface area (Å²) < 4.78 is 0. The number of hydrogen-bond acceptors (Lipinski definition) is 3. The summed E-state index contributed by atoms with van der Waals surface area (Å²) in [6, 6.07) is 99.7. The fraction of sp³-hybridized carbons (Fsp3) is 0.0833. The average molecular weight is 964 g/mol. The van der Waals surface area contributed by atoms with E-state index in [2.05, 4.69) is 315 Å². The van der Waals surface area contributed by atoms with Gasteiger partial charge in [0.1, 0.15) is 0 Å². The first-order chi connectivity index (χ1) is 36.7. The number of nitrogens with zero attached hydrogens (tertiary/aromatic N) is 3. The molecule has 0 aliphatic heterocycles. The van der Waals surface area contributed by atoms with E-state index in [1.807, 2.05) is 0 Å². The molecule has 0 heterocycles. The van der Waals surface area contributed by atoms with Crippen LogP contribution in [-0.2, 0) is 10.8 Å². The topological polar surface area (TPSA) is 9.72 Å². The molecule has 0 saturated carbocycles. The third-order valence-corrected chi connectivity index (χ3v) is 15.8. The fourth-order valence-corrected chi connectivity index (χ4v) is 11.9. The number of para-hydroxylation sites is 5. The molecule has 0 bridgehead atoms. The van der Waals surface area contributed by atoms with Gasteiger partial charge in [-0.05, 0) is 188 Å². The van der Waals surface area contributed by atoms with Crippen LogP contribution in [0.1, 0.15) is 49.9 Å². The van der Waals surface area contributed by atoms with Crippen molar-refractivity contribution in [2.45, 2.75) is 38.5 Å². The summed E-state index contributed by atoms with van der Waals surface area (Å²) in [6.07, 6.45) is 0. The standard InChI is InChI=1S/C72H57N3/c1-71(2)67-46-52(50-30-36-59(37-31-50)73(54-20-10-5-11-21-54)55-22-12-6-13-23-55)34-42-63(67)65-44-40-61(48-69(65)71)75(58-28-18-9-19-29-58)62-41-45-66-64-43-35-53(47-68(64)72(3,4)70(66)49-62)51-32-38-60(39-33-51)74(56-24-14-7-15-25-56)57-26-16-8-17-27-57/h5-49H,1-4H3. The van der Waals surface area contributed by atoms with Gasteiger partial charge in [0.2, 0.25) is 0 Å². The van der Waals surface area contributed by atoms with Crippen LogP contribution in [0.5, 0.6) is 0 Å². The second kappa shape index (κ2) is 18.4. The molecule has 3 nitrogen and oxygen atoms in total. The summed E-state index contributed by atoms with van der Waals surface area (Å²) in [5, 5.41) is 0. The van der Waals surface area contributed by atoms with Crippen molar-refractivity contribution in [1.29, 1.82) is 0 Å². The molecule has 13 rings (SSSR count). The number of anilines is 9. The highest BCUT2D eigenvalue weighted by Gasteiger charge is 2.38. The van der Waals surface area contributed by atoms with E-state index >= 15 is 0 Å². The Morgan fingerprint density at radius 3 is 0.707 bits per heavy atom. The molecule has 0 amide bonds. The molecule has 0 atom stereocenters. The van der Waals surface area contributed by atoms with E-state index in [1.54, 1.807) is 0 Å². The molecule has 0 spiro atoms. The molecule has 0 radical (unpaired) electrons. The van der Waals surface area contributed by atoms with Crippen molar-refractivity contribution in [3.63, 3.8) is 0 Å². The van der Waals surface area contributed by atoms with Gasteiger partial charge < -0.3 is 14.7 Å². The van der Waals surface area contributed by atoms with Crippen LogP contribution in [0.25, 0.3) is 44.5 Å². The zero-order chi connectivity index (χ0) is 50.7. The summed E-state index contributed by atoms with van der Waals surface area (Å²) in [5.74, 6) is 0. The highest BCUT2D eigenvalue weighted by atomic mass is 15.2. The molecule has 11 aromatic carbocycles. The number of hydrogen-bond donors (Lipinski definition) is 0. The molecular formula is C72H57N3. The van der Waals surface area contributed by atoms with Gasteiger partial charge >= 0.3 is 0 Å². The van der Waals surface area contributed by atoms with Gasteiger partial charge in [-0.25, -0.2) is 0 Å².